The Hall–Kier alpha value is -3.35. The van der Waals surface area contributed by atoms with Gasteiger partial charge in [0.2, 0.25) is 5.91 Å². The molecule has 1 unspecified atom stereocenters. The van der Waals surface area contributed by atoms with Crippen LogP contribution in [0.1, 0.15) is 58.2 Å². The Morgan fingerprint density at radius 2 is 1.36 bits per heavy atom. The number of aliphatic carboxylic acids is 1. The molecule has 178 valence electrons. The molecule has 1 aromatic heterocycles. The summed E-state index contributed by atoms with van der Waals surface area (Å²) in [5, 5.41) is 10.3. The number of benzene rings is 2. The number of carboxylic acid groups (broad SMARTS) is 1. The zero-order chi connectivity index (χ0) is 25.0. The molecular formula is C26H32FNO5. The van der Waals surface area contributed by atoms with Crippen LogP contribution in [0.15, 0.2) is 48.5 Å². The fraction of sp³-hybridized carbons (Fsp3) is 0.385. The summed E-state index contributed by atoms with van der Waals surface area (Å²) in [6, 6.07) is 15.7. The molecule has 1 atom stereocenters. The summed E-state index contributed by atoms with van der Waals surface area (Å²) >= 11 is 0. The number of para-hydroxylation sites is 2. The van der Waals surface area contributed by atoms with Crippen molar-refractivity contribution in [2.45, 2.75) is 53.4 Å². The highest BCUT2D eigenvalue weighted by atomic mass is 19.1. The summed E-state index contributed by atoms with van der Waals surface area (Å²) in [4.78, 5) is 43.9. The van der Waals surface area contributed by atoms with E-state index in [9.17, 15) is 23.6 Å². The second kappa shape index (κ2) is 13.9. The van der Waals surface area contributed by atoms with Crippen LogP contribution < -0.4 is 0 Å². The summed E-state index contributed by atoms with van der Waals surface area (Å²) in [5.41, 5.74) is 1.81. The number of carbonyl (C=O) groups excluding carboxylic acids is 3. The lowest BCUT2D eigenvalue weighted by molar-refractivity contribution is -0.140. The van der Waals surface area contributed by atoms with Crippen LogP contribution in [0.4, 0.5) is 4.39 Å². The summed E-state index contributed by atoms with van der Waals surface area (Å²) in [6.45, 7) is 6.09. The van der Waals surface area contributed by atoms with Crippen molar-refractivity contribution in [3.05, 3.63) is 48.5 Å². The van der Waals surface area contributed by atoms with Gasteiger partial charge in [-0.2, -0.15) is 0 Å². The number of halogens is 1. The third kappa shape index (κ3) is 8.25. The van der Waals surface area contributed by atoms with Gasteiger partial charge in [-0.15, -0.1) is 0 Å². The zero-order valence-electron chi connectivity index (χ0n) is 19.6. The minimum atomic E-state index is -1.07. The summed E-state index contributed by atoms with van der Waals surface area (Å²) in [6.07, 6.45) is 1.50. The van der Waals surface area contributed by atoms with E-state index in [1.807, 2.05) is 48.5 Å². The van der Waals surface area contributed by atoms with E-state index in [0.717, 1.165) is 21.8 Å². The van der Waals surface area contributed by atoms with Crippen LogP contribution >= 0.6 is 0 Å². The fourth-order valence-electron chi connectivity index (χ4n) is 3.09. The molecule has 0 saturated heterocycles. The predicted molar refractivity (Wildman–Crippen MR) is 128 cm³/mol. The van der Waals surface area contributed by atoms with Gasteiger partial charge in [0.15, 0.2) is 5.78 Å². The van der Waals surface area contributed by atoms with E-state index in [2.05, 4.69) is 13.8 Å². The topological polar surface area (TPSA) is 93.4 Å². The van der Waals surface area contributed by atoms with E-state index in [1.54, 1.807) is 4.57 Å². The molecule has 33 heavy (non-hydrogen) atoms. The quantitative estimate of drug-likeness (QED) is 0.480. The van der Waals surface area contributed by atoms with E-state index in [0.29, 0.717) is 6.42 Å². The third-order valence-corrected chi connectivity index (χ3v) is 4.68. The van der Waals surface area contributed by atoms with Crippen LogP contribution in [0.2, 0.25) is 0 Å². The molecule has 3 rings (SSSR count). The number of nitrogens with zero attached hydrogens (tertiary/aromatic N) is 1. The van der Waals surface area contributed by atoms with Gasteiger partial charge >= 0.3 is 5.97 Å². The predicted octanol–water partition coefficient (Wildman–Crippen LogP) is 5.86. The lowest BCUT2D eigenvalue weighted by Gasteiger charge is -2.05. The van der Waals surface area contributed by atoms with Crippen LogP contribution in [0.5, 0.6) is 0 Å². The normalized spacial score (nSPS) is 11.1. The van der Waals surface area contributed by atoms with Gasteiger partial charge in [0, 0.05) is 29.5 Å². The number of carbonyl (C=O) groups is 4. The monoisotopic (exact) mass is 457 g/mol. The SMILES string of the molecule is CC(=O)CCC(=O)n1c2ccccc2c2ccccc21.CC(CC(=O)O)C(=O)CF.CCC. The van der Waals surface area contributed by atoms with E-state index >= 15 is 0 Å². The average Bonchev–Trinajstić information content (AvgIpc) is 3.12. The maximum atomic E-state index is 12.4. The van der Waals surface area contributed by atoms with Crippen molar-refractivity contribution < 1.29 is 28.7 Å². The molecule has 0 spiro atoms. The van der Waals surface area contributed by atoms with Gasteiger partial charge in [-0.1, -0.05) is 63.6 Å². The largest absolute Gasteiger partial charge is 0.481 e. The highest BCUT2D eigenvalue weighted by molar-refractivity contribution is 6.13. The number of alkyl halides is 1. The Bertz CT molecular complexity index is 1050. The Morgan fingerprint density at radius 1 is 0.909 bits per heavy atom. The molecule has 7 heteroatoms. The van der Waals surface area contributed by atoms with Crippen molar-refractivity contribution in [1.29, 1.82) is 0 Å². The first-order valence-electron chi connectivity index (χ1n) is 11.0. The van der Waals surface area contributed by atoms with Gasteiger partial charge in [-0.25, -0.2) is 4.39 Å². The van der Waals surface area contributed by atoms with E-state index in [1.165, 1.54) is 20.3 Å². The molecule has 3 aromatic rings. The molecule has 0 radical (unpaired) electrons. The van der Waals surface area contributed by atoms with Crippen molar-refractivity contribution in [2.75, 3.05) is 6.67 Å². The first-order valence-corrected chi connectivity index (χ1v) is 11.0. The number of carboxylic acids is 1. The Morgan fingerprint density at radius 3 is 1.76 bits per heavy atom. The molecule has 0 aliphatic carbocycles. The Labute approximate surface area is 193 Å². The first kappa shape index (κ1) is 27.7. The molecular weight excluding hydrogens is 425 g/mol. The van der Waals surface area contributed by atoms with Crippen LogP contribution in [0, 0.1) is 5.92 Å². The number of fused-ring (bicyclic) bond motifs is 3. The molecule has 0 aliphatic heterocycles. The standard InChI is InChI=1S/C17H15NO2.C6H9FO3.C3H8/c1-12(19)10-11-17(20)18-15-8-4-2-6-13(15)14-7-3-5-9-16(14)18;1-4(2-6(9)10)5(8)3-7;1-3-2/h2-9H,10-11H2,1H3;4H,2-3H2,1H3,(H,9,10);3H2,1-2H3. The maximum Gasteiger partial charge on any atom is 0.304 e. The summed E-state index contributed by atoms with van der Waals surface area (Å²) in [5.74, 6) is -2.42. The first-order chi connectivity index (χ1) is 15.7. The molecule has 0 aliphatic rings. The number of hydrogen-bond donors (Lipinski definition) is 1. The molecule has 1 N–H and O–H groups in total. The summed E-state index contributed by atoms with van der Waals surface area (Å²) < 4.78 is 13.3. The molecule has 0 bridgehead atoms. The van der Waals surface area contributed by atoms with E-state index in [4.69, 9.17) is 5.11 Å². The molecule has 0 saturated carbocycles. The average molecular weight is 458 g/mol. The molecule has 0 amide bonds. The number of Topliss-reactive ketones (excluding diaryl/α,β-unsaturated/α-hetero) is 2. The van der Waals surface area contributed by atoms with Crippen LogP contribution in [-0.4, -0.2) is 39.8 Å². The molecule has 0 fully saturated rings. The highest BCUT2D eigenvalue weighted by Crippen LogP contribution is 2.28. The molecule has 2 aromatic carbocycles. The molecule has 1 heterocycles. The van der Waals surface area contributed by atoms with Gasteiger partial charge in [0.1, 0.15) is 12.5 Å². The van der Waals surface area contributed by atoms with E-state index in [-0.39, 0.29) is 24.5 Å². The van der Waals surface area contributed by atoms with Gasteiger partial charge in [0.25, 0.3) is 0 Å². The zero-order valence-corrected chi connectivity index (χ0v) is 19.6. The number of rotatable bonds is 7. The van der Waals surface area contributed by atoms with Gasteiger partial charge < -0.3 is 9.90 Å². The minimum absolute atomic E-state index is 0.0300. The number of aromatic nitrogens is 1. The van der Waals surface area contributed by atoms with Crippen LogP contribution in [0.3, 0.4) is 0 Å². The van der Waals surface area contributed by atoms with Crippen molar-refractivity contribution in [3.63, 3.8) is 0 Å². The summed E-state index contributed by atoms with van der Waals surface area (Å²) in [7, 11) is 0. The Balaban J connectivity index is 0.000000355. The number of hydrogen-bond acceptors (Lipinski definition) is 4. The Kier molecular flexibility index (Phi) is 11.7. The van der Waals surface area contributed by atoms with Crippen LogP contribution in [0.25, 0.3) is 21.8 Å². The second-order valence-electron chi connectivity index (χ2n) is 7.77. The van der Waals surface area contributed by atoms with Crippen molar-refractivity contribution in [1.82, 2.24) is 4.57 Å². The minimum Gasteiger partial charge on any atom is -0.481 e. The van der Waals surface area contributed by atoms with Gasteiger partial charge in [-0.3, -0.25) is 19.0 Å². The van der Waals surface area contributed by atoms with Gasteiger partial charge in [0.05, 0.1) is 17.5 Å². The third-order valence-electron chi connectivity index (χ3n) is 4.68. The smallest absolute Gasteiger partial charge is 0.304 e. The van der Waals surface area contributed by atoms with Crippen molar-refractivity contribution in [2.24, 2.45) is 5.92 Å². The fourth-order valence-corrected chi connectivity index (χ4v) is 3.09. The van der Waals surface area contributed by atoms with E-state index < -0.39 is 24.3 Å². The second-order valence-corrected chi connectivity index (χ2v) is 7.77. The molecule has 6 nitrogen and oxygen atoms in total. The number of ketones is 2. The highest BCUT2D eigenvalue weighted by Gasteiger charge is 2.16. The van der Waals surface area contributed by atoms with Crippen molar-refractivity contribution in [3.8, 4) is 0 Å². The lowest BCUT2D eigenvalue weighted by atomic mass is 10.0. The maximum absolute atomic E-state index is 12.4. The lowest BCUT2D eigenvalue weighted by Crippen LogP contribution is -2.16. The van der Waals surface area contributed by atoms with Crippen molar-refractivity contribution >= 4 is 45.2 Å². The van der Waals surface area contributed by atoms with Gasteiger partial charge in [-0.05, 0) is 19.1 Å². The van der Waals surface area contributed by atoms with Crippen LogP contribution in [-0.2, 0) is 14.4 Å².